The summed E-state index contributed by atoms with van der Waals surface area (Å²) >= 11 is 0. The Balaban J connectivity index is 2.63. The van der Waals surface area contributed by atoms with Crippen molar-refractivity contribution >= 4 is 29.7 Å². The number of hydrogen-bond donors (Lipinski definition) is 2. The van der Waals surface area contributed by atoms with E-state index in [0.717, 1.165) is 5.69 Å². The lowest BCUT2D eigenvalue weighted by Gasteiger charge is -2.11. The Morgan fingerprint density at radius 2 is 1.92 bits per heavy atom. The lowest BCUT2D eigenvalue weighted by molar-refractivity contribution is -0.144. The maximum atomic E-state index is 11.9. The molecule has 1 aromatic carbocycles. The zero-order valence-electron chi connectivity index (χ0n) is 14.6. The van der Waals surface area contributed by atoms with Gasteiger partial charge in [0.15, 0.2) is 6.61 Å². The topological polar surface area (TPSA) is 112 Å². The number of anilines is 1. The Morgan fingerprint density at radius 1 is 1.27 bits per heavy atom. The summed E-state index contributed by atoms with van der Waals surface area (Å²) in [6.45, 7) is 2.92. The smallest absolute Gasteiger partial charge is 0.349 e. The average molecular weight is 356 g/mol. The molecule has 0 saturated carbocycles. The second kappa shape index (κ2) is 10.3. The number of rotatable bonds is 7. The number of hydrogen-bond acceptors (Lipinski definition) is 6. The van der Waals surface area contributed by atoms with Crippen molar-refractivity contribution < 1.29 is 19.1 Å². The molecule has 0 aliphatic heterocycles. The van der Waals surface area contributed by atoms with Crippen LogP contribution in [-0.4, -0.2) is 45.2 Å². The monoisotopic (exact) mass is 356 g/mol. The van der Waals surface area contributed by atoms with Crippen molar-refractivity contribution in [1.82, 2.24) is 10.6 Å². The van der Waals surface area contributed by atoms with Gasteiger partial charge in [-0.1, -0.05) is 18.2 Å². The van der Waals surface area contributed by atoms with Crippen molar-refractivity contribution in [3.8, 4) is 6.07 Å². The molecule has 0 aliphatic rings. The van der Waals surface area contributed by atoms with Crippen LogP contribution < -0.4 is 15.5 Å². The number of imide groups is 1. The summed E-state index contributed by atoms with van der Waals surface area (Å²) in [5, 5.41) is 13.4. The predicted molar refractivity (Wildman–Crippen MR) is 97.1 cm³/mol. The van der Waals surface area contributed by atoms with Crippen LogP contribution in [0.25, 0.3) is 6.08 Å². The summed E-state index contributed by atoms with van der Waals surface area (Å²) in [5.74, 6) is -1.77. The molecule has 0 aromatic heterocycles. The van der Waals surface area contributed by atoms with Crippen LogP contribution in [0.3, 0.4) is 0 Å². The highest BCUT2D eigenvalue weighted by Crippen LogP contribution is 2.15. The fourth-order valence-corrected chi connectivity index (χ4v) is 1.75. The van der Waals surface area contributed by atoms with Gasteiger partial charge in [0.1, 0.15) is 11.6 Å². The van der Waals surface area contributed by atoms with Crippen molar-refractivity contribution in [2.24, 2.45) is 0 Å². The molecule has 0 radical (unpaired) electrons. The average Bonchev–Trinajstić information content (AvgIpc) is 2.62. The molecular formula is C18H20N4O4. The van der Waals surface area contributed by atoms with E-state index in [2.05, 4.69) is 11.9 Å². The molecule has 0 unspecified atom stereocenters. The van der Waals surface area contributed by atoms with Gasteiger partial charge in [0, 0.05) is 26.3 Å². The minimum absolute atomic E-state index is 0.187. The van der Waals surface area contributed by atoms with Crippen molar-refractivity contribution in [2.75, 3.05) is 32.1 Å². The number of ether oxygens (including phenoxy) is 1. The van der Waals surface area contributed by atoms with Gasteiger partial charge in [-0.05, 0) is 23.8 Å². The van der Waals surface area contributed by atoms with Crippen molar-refractivity contribution in [2.45, 2.75) is 0 Å². The Hall–Kier alpha value is -3.60. The summed E-state index contributed by atoms with van der Waals surface area (Å²) in [5.41, 5.74) is 1.35. The Kier molecular flexibility index (Phi) is 8.10. The van der Waals surface area contributed by atoms with Crippen LogP contribution in [0.4, 0.5) is 10.5 Å². The quantitative estimate of drug-likeness (QED) is 0.329. The molecule has 26 heavy (non-hydrogen) atoms. The van der Waals surface area contributed by atoms with E-state index in [1.165, 1.54) is 12.2 Å². The van der Waals surface area contributed by atoms with Gasteiger partial charge in [-0.25, -0.2) is 9.59 Å². The van der Waals surface area contributed by atoms with Crippen molar-refractivity contribution in [3.05, 3.63) is 48.1 Å². The third kappa shape index (κ3) is 6.88. The largest absolute Gasteiger partial charge is 0.451 e. The summed E-state index contributed by atoms with van der Waals surface area (Å²) < 4.78 is 4.75. The highest BCUT2D eigenvalue weighted by Gasteiger charge is 2.14. The molecule has 0 fully saturated rings. The Morgan fingerprint density at radius 3 is 2.46 bits per heavy atom. The third-order valence-electron chi connectivity index (χ3n) is 3.06. The SMILES string of the molecule is C=CCNC(=O)NC(=O)COC(=O)/C(C#N)=C/c1ccc(N(C)C)cc1. The van der Waals surface area contributed by atoms with E-state index in [0.29, 0.717) is 5.56 Å². The predicted octanol–water partition coefficient (Wildman–Crippen LogP) is 1.21. The van der Waals surface area contributed by atoms with E-state index < -0.39 is 24.5 Å². The van der Waals surface area contributed by atoms with E-state index in [1.54, 1.807) is 18.2 Å². The van der Waals surface area contributed by atoms with E-state index in [1.807, 2.05) is 36.4 Å². The molecule has 8 nitrogen and oxygen atoms in total. The second-order valence-electron chi connectivity index (χ2n) is 5.28. The van der Waals surface area contributed by atoms with Gasteiger partial charge in [0.05, 0.1) is 0 Å². The zero-order valence-corrected chi connectivity index (χ0v) is 14.6. The number of nitrogens with one attached hydrogen (secondary N) is 2. The zero-order chi connectivity index (χ0) is 19.5. The molecular weight excluding hydrogens is 336 g/mol. The summed E-state index contributed by atoms with van der Waals surface area (Å²) in [6, 6.07) is 8.16. The van der Waals surface area contributed by atoms with Crippen LogP contribution in [0.1, 0.15) is 5.56 Å². The summed E-state index contributed by atoms with van der Waals surface area (Å²) in [7, 11) is 3.79. The molecule has 0 saturated heterocycles. The van der Waals surface area contributed by atoms with Gasteiger partial charge in [0.2, 0.25) is 0 Å². The number of carbonyl (C=O) groups is 3. The number of carbonyl (C=O) groups excluding carboxylic acids is 3. The van der Waals surface area contributed by atoms with Gasteiger partial charge in [-0.15, -0.1) is 6.58 Å². The molecule has 136 valence electrons. The number of benzene rings is 1. The van der Waals surface area contributed by atoms with E-state index >= 15 is 0 Å². The molecule has 2 N–H and O–H groups in total. The molecule has 1 aromatic rings. The van der Waals surface area contributed by atoms with Gasteiger partial charge in [-0.2, -0.15) is 5.26 Å². The molecule has 0 heterocycles. The molecule has 3 amide bonds. The van der Waals surface area contributed by atoms with Crippen LogP contribution in [0.5, 0.6) is 0 Å². The first-order valence-corrected chi connectivity index (χ1v) is 7.62. The lowest BCUT2D eigenvalue weighted by atomic mass is 10.1. The van der Waals surface area contributed by atoms with E-state index in [9.17, 15) is 14.4 Å². The van der Waals surface area contributed by atoms with E-state index in [4.69, 9.17) is 10.00 Å². The van der Waals surface area contributed by atoms with Crippen LogP contribution in [0.15, 0.2) is 42.5 Å². The highest BCUT2D eigenvalue weighted by molar-refractivity contribution is 6.00. The second-order valence-corrected chi connectivity index (χ2v) is 5.28. The van der Waals surface area contributed by atoms with Crippen LogP contribution >= 0.6 is 0 Å². The maximum Gasteiger partial charge on any atom is 0.349 e. The molecule has 0 bridgehead atoms. The van der Waals surface area contributed by atoms with Gasteiger partial charge in [-0.3, -0.25) is 10.1 Å². The highest BCUT2D eigenvalue weighted by atomic mass is 16.5. The lowest BCUT2D eigenvalue weighted by Crippen LogP contribution is -2.41. The standard InChI is InChI=1S/C18H20N4O4/c1-4-9-20-18(25)21-16(23)12-26-17(24)14(11-19)10-13-5-7-15(8-6-13)22(2)3/h4-8,10H,1,9,12H2,2-3H3,(H2,20,21,23,25)/b14-10+. The van der Waals surface area contributed by atoms with Gasteiger partial charge < -0.3 is 15.0 Å². The third-order valence-corrected chi connectivity index (χ3v) is 3.06. The maximum absolute atomic E-state index is 11.9. The number of esters is 1. The molecule has 0 spiro atoms. The Bertz CT molecular complexity index is 745. The number of urea groups is 1. The molecule has 0 atom stereocenters. The number of amides is 3. The van der Waals surface area contributed by atoms with Crippen molar-refractivity contribution in [1.29, 1.82) is 5.26 Å². The summed E-state index contributed by atoms with van der Waals surface area (Å²) in [6.07, 6.45) is 2.80. The first kappa shape index (κ1) is 20.4. The van der Waals surface area contributed by atoms with Crippen LogP contribution in [0, 0.1) is 11.3 Å². The van der Waals surface area contributed by atoms with E-state index in [-0.39, 0.29) is 12.1 Å². The first-order valence-electron chi connectivity index (χ1n) is 7.62. The fourth-order valence-electron chi connectivity index (χ4n) is 1.75. The molecule has 0 aliphatic carbocycles. The number of nitrogens with zero attached hydrogens (tertiary/aromatic N) is 2. The summed E-state index contributed by atoms with van der Waals surface area (Å²) in [4.78, 5) is 36.6. The number of nitriles is 1. The van der Waals surface area contributed by atoms with Gasteiger partial charge in [0.25, 0.3) is 5.91 Å². The normalized spacial score (nSPS) is 10.3. The van der Waals surface area contributed by atoms with Gasteiger partial charge >= 0.3 is 12.0 Å². The minimum atomic E-state index is -0.953. The molecule has 1 rings (SSSR count). The van der Waals surface area contributed by atoms with Crippen molar-refractivity contribution in [3.63, 3.8) is 0 Å². The molecule has 8 heteroatoms. The minimum Gasteiger partial charge on any atom is -0.451 e. The fraction of sp³-hybridized carbons (Fsp3) is 0.222. The van der Waals surface area contributed by atoms with Crippen LogP contribution in [-0.2, 0) is 14.3 Å². The van der Waals surface area contributed by atoms with Crippen LogP contribution in [0.2, 0.25) is 0 Å². The Labute approximate surface area is 151 Å². The first-order chi connectivity index (χ1) is 12.4.